The second kappa shape index (κ2) is 6.41. The van der Waals surface area contributed by atoms with E-state index in [9.17, 15) is 4.79 Å². The lowest BCUT2D eigenvalue weighted by molar-refractivity contribution is 0.0566. The molecule has 2 heterocycles. The molecular weight excluding hydrogens is 272 g/mol. The number of nitrogens with zero attached hydrogens (tertiary/aromatic N) is 2. The van der Waals surface area contributed by atoms with E-state index in [1.165, 1.54) is 64.2 Å². The first-order valence-electron chi connectivity index (χ1n) is 9.85. The number of hydrogen-bond acceptors (Lipinski definition) is 1. The molecule has 2 aliphatic heterocycles. The monoisotopic (exact) mass is 304 g/mol. The van der Waals surface area contributed by atoms with Gasteiger partial charge in [0.2, 0.25) is 0 Å². The fourth-order valence-corrected chi connectivity index (χ4v) is 5.75. The minimum atomic E-state index is 0.369. The molecule has 0 aromatic carbocycles. The zero-order valence-electron chi connectivity index (χ0n) is 14.0. The number of carbonyl (C=O) groups excluding carboxylic acids is 1. The quantitative estimate of drug-likeness (QED) is 0.660. The Hall–Kier alpha value is -0.730. The van der Waals surface area contributed by atoms with Gasteiger partial charge in [0.05, 0.1) is 0 Å². The van der Waals surface area contributed by atoms with Gasteiger partial charge in [-0.25, -0.2) is 4.79 Å². The normalized spacial score (nSPS) is 39.1. The van der Waals surface area contributed by atoms with E-state index in [0.717, 1.165) is 49.9 Å². The van der Waals surface area contributed by atoms with Crippen LogP contribution in [0.5, 0.6) is 0 Å². The molecule has 4 unspecified atom stereocenters. The van der Waals surface area contributed by atoms with Crippen LogP contribution in [0, 0.1) is 23.7 Å². The number of amides is 2. The van der Waals surface area contributed by atoms with Gasteiger partial charge in [0.25, 0.3) is 0 Å². The second-order valence-corrected chi connectivity index (χ2v) is 8.36. The van der Waals surface area contributed by atoms with Crippen LogP contribution in [0.1, 0.15) is 64.2 Å². The van der Waals surface area contributed by atoms with E-state index in [1.807, 2.05) is 0 Å². The second-order valence-electron chi connectivity index (χ2n) is 8.36. The predicted octanol–water partition coefficient (Wildman–Crippen LogP) is 4.13. The summed E-state index contributed by atoms with van der Waals surface area (Å²) in [7, 11) is 0. The Bertz CT molecular complexity index is 374. The molecule has 4 rings (SSSR count). The summed E-state index contributed by atoms with van der Waals surface area (Å²) in [6.45, 7) is 4.14. The molecule has 2 amide bonds. The van der Waals surface area contributed by atoms with Crippen molar-refractivity contribution in [2.45, 2.75) is 64.2 Å². The van der Waals surface area contributed by atoms with Gasteiger partial charge in [-0.2, -0.15) is 0 Å². The van der Waals surface area contributed by atoms with Crippen molar-refractivity contribution in [3.05, 3.63) is 0 Å². The van der Waals surface area contributed by atoms with Crippen molar-refractivity contribution in [1.82, 2.24) is 9.80 Å². The number of piperidine rings is 2. The first kappa shape index (κ1) is 14.8. The van der Waals surface area contributed by atoms with Crippen LogP contribution in [-0.4, -0.2) is 42.0 Å². The van der Waals surface area contributed by atoms with Crippen LogP contribution in [0.3, 0.4) is 0 Å². The van der Waals surface area contributed by atoms with Crippen LogP contribution in [0.4, 0.5) is 4.79 Å². The van der Waals surface area contributed by atoms with Crippen LogP contribution in [0.2, 0.25) is 0 Å². The summed E-state index contributed by atoms with van der Waals surface area (Å²) in [6, 6.07) is 0.369. The van der Waals surface area contributed by atoms with Crippen molar-refractivity contribution in [2.75, 3.05) is 26.2 Å². The number of rotatable bonds is 0. The van der Waals surface area contributed by atoms with Gasteiger partial charge in [-0.05, 0) is 49.4 Å². The van der Waals surface area contributed by atoms with Gasteiger partial charge in [-0.1, -0.05) is 38.5 Å². The number of hydrogen-bond donors (Lipinski definition) is 0. The average molecular weight is 304 g/mol. The summed E-state index contributed by atoms with van der Waals surface area (Å²) in [6.07, 6.45) is 13.7. The molecule has 0 N–H and O–H groups in total. The minimum Gasteiger partial charge on any atom is -0.324 e. The van der Waals surface area contributed by atoms with Gasteiger partial charge >= 0.3 is 6.03 Å². The van der Waals surface area contributed by atoms with E-state index in [-0.39, 0.29) is 0 Å². The molecule has 22 heavy (non-hydrogen) atoms. The molecule has 2 aliphatic carbocycles. The van der Waals surface area contributed by atoms with Gasteiger partial charge in [0.1, 0.15) is 0 Å². The third-order valence-electron chi connectivity index (χ3n) is 7.12. The van der Waals surface area contributed by atoms with Gasteiger partial charge in [0.15, 0.2) is 0 Å². The smallest absolute Gasteiger partial charge is 0.320 e. The number of carbonyl (C=O) groups is 1. The van der Waals surface area contributed by atoms with E-state index in [2.05, 4.69) is 9.80 Å². The van der Waals surface area contributed by atoms with E-state index < -0.39 is 0 Å². The van der Waals surface area contributed by atoms with Gasteiger partial charge in [0, 0.05) is 26.2 Å². The maximum absolute atomic E-state index is 13.0. The number of likely N-dealkylation sites (tertiary alicyclic amines) is 2. The van der Waals surface area contributed by atoms with Crippen LogP contribution < -0.4 is 0 Å². The van der Waals surface area contributed by atoms with Crippen LogP contribution >= 0.6 is 0 Å². The Labute approximate surface area is 135 Å². The van der Waals surface area contributed by atoms with Crippen molar-refractivity contribution < 1.29 is 4.79 Å². The number of fused-ring (bicyclic) bond motifs is 2. The highest BCUT2D eigenvalue weighted by Crippen LogP contribution is 2.38. The number of urea groups is 1. The van der Waals surface area contributed by atoms with E-state index in [1.54, 1.807) is 0 Å². The fourth-order valence-electron chi connectivity index (χ4n) is 5.75. The van der Waals surface area contributed by atoms with Gasteiger partial charge < -0.3 is 9.80 Å². The highest BCUT2D eigenvalue weighted by atomic mass is 16.2. The highest BCUT2D eigenvalue weighted by Gasteiger charge is 2.37. The fraction of sp³-hybridized carbons (Fsp3) is 0.947. The summed E-state index contributed by atoms with van der Waals surface area (Å²) in [5.74, 6) is 3.45. The minimum absolute atomic E-state index is 0.369. The maximum atomic E-state index is 13.0. The van der Waals surface area contributed by atoms with Crippen molar-refractivity contribution in [2.24, 2.45) is 23.7 Å². The van der Waals surface area contributed by atoms with Crippen molar-refractivity contribution >= 4 is 6.03 Å². The SMILES string of the molecule is O=C(N1CCC2CCCCC2C1)N1CCC2CCCCC2C1. The van der Waals surface area contributed by atoms with Crippen molar-refractivity contribution in [3.63, 3.8) is 0 Å². The molecule has 2 saturated heterocycles. The largest absolute Gasteiger partial charge is 0.324 e. The molecule has 3 nitrogen and oxygen atoms in total. The third kappa shape index (κ3) is 2.88. The summed E-state index contributed by atoms with van der Waals surface area (Å²) in [5, 5.41) is 0. The van der Waals surface area contributed by atoms with Gasteiger partial charge in [-0.15, -0.1) is 0 Å². The Morgan fingerprint density at radius 1 is 0.591 bits per heavy atom. The summed E-state index contributed by atoms with van der Waals surface area (Å²) < 4.78 is 0. The first-order chi connectivity index (χ1) is 10.8. The molecule has 4 atom stereocenters. The molecule has 4 fully saturated rings. The summed E-state index contributed by atoms with van der Waals surface area (Å²) in [4.78, 5) is 17.4. The van der Waals surface area contributed by atoms with Crippen molar-refractivity contribution in [1.29, 1.82) is 0 Å². The lowest BCUT2D eigenvalue weighted by Crippen LogP contribution is -2.53. The molecule has 124 valence electrons. The Morgan fingerprint density at radius 2 is 1.00 bits per heavy atom. The maximum Gasteiger partial charge on any atom is 0.320 e. The molecule has 0 aromatic rings. The Balaban J connectivity index is 1.35. The highest BCUT2D eigenvalue weighted by molar-refractivity contribution is 5.74. The molecule has 0 spiro atoms. The molecule has 0 radical (unpaired) electrons. The van der Waals surface area contributed by atoms with E-state index >= 15 is 0 Å². The van der Waals surface area contributed by atoms with Gasteiger partial charge in [-0.3, -0.25) is 0 Å². The van der Waals surface area contributed by atoms with Crippen LogP contribution in [-0.2, 0) is 0 Å². The zero-order valence-corrected chi connectivity index (χ0v) is 14.0. The summed E-state index contributed by atoms with van der Waals surface area (Å²) in [5.41, 5.74) is 0. The molecule has 3 heteroatoms. The third-order valence-corrected chi connectivity index (χ3v) is 7.12. The molecule has 0 bridgehead atoms. The zero-order chi connectivity index (χ0) is 14.9. The topological polar surface area (TPSA) is 23.6 Å². The molecular formula is C19H32N2O. The Morgan fingerprint density at radius 3 is 1.45 bits per heavy atom. The lowest BCUT2D eigenvalue weighted by Gasteiger charge is -2.46. The molecule has 4 aliphatic rings. The van der Waals surface area contributed by atoms with Crippen molar-refractivity contribution in [3.8, 4) is 0 Å². The molecule has 2 saturated carbocycles. The molecule has 0 aromatic heterocycles. The van der Waals surface area contributed by atoms with Crippen LogP contribution in [0.25, 0.3) is 0 Å². The standard InChI is InChI=1S/C19H32N2O/c22-19(20-11-9-15-5-1-3-7-17(15)13-20)21-12-10-16-6-2-4-8-18(16)14-21/h15-18H,1-14H2. The first-order valence-corrected chi connectivity index (χ1v) is 9.85. The Kier molecular flexibility index (Phi) is 4.32. The summed E-state index contributed by atoms with van der Waals surface area (Å²) >= 11 is 0. The predicted molar refractivity (Wildman–Crippen MR) is 88.7 cm³/mol. The average Bonchev–Trinajstić information content (AvgIpc) is 2.60. The van der Waals surface area contributed by atoms with E-state index in [4.69, 9.17) is 0 Å². The van der Waals surface area contributed by atoms with E-state index in [0.29, 0.717) is 6.03 Å². The van der Waals surface area contributed by atoms with Crippen LogP contribution in [0.15, 0.2) is 0 Å². The lowest BCUT2D eigenvalue weighted by atomic mass is 9.74.